The average molecular weight is 569 g/mol. The highest BCUT2D eigenvalue weighted by Gasteiger charge is 2.33. The number of halogens is 2. The Morgan fingerprint density at radius 3 is 2.51 bits per heavy atom. The highest BCUT2D eigenvalue weighted by Crippen LogP contribution is 2.28. The Kier molecular flexibility index (Phi) is 10.1. The molecule has 1 heterocycles. The van der Waals surface area contributed by atoms with Crippen LogP contribution in [0.3, 0.4) is 0 Å². The molecule has 0 saturated heterocycles. The number of aromatic amines is 1. The molecule has 1 amide bonds. The van der Waals surface area contributed by atoms with Crippen LogP contribution in [0, 0.1) is 5.41 Å². The van der Waals surface area contributed by atoms with Gasteiger partial charge in [-0.1, -0.05) is 67.4 Å². The van der Waals surface area contributed by atoms with E-state index in [2.05, 4.69) is 31.1 Å². The number of rotatable bonds is 13. The first kappa shape index (κ1) is 29.5. The van der Waals surface area contributed by atoms with Crippen LogP contribution >= 0.6 is 34.5 Å². The van der Waals surface area contributed by atoms with Crippen molar-refractivity contribution < 1.29 is 14.4 Å². The van der Waals surface area contributed by atoms with Crippen LogP contribution in [0.2, 0.25) is 10.0 Å². The minimum absolute atomic E-state index is 0.0542. The number of nitrogens with two attached hydrogens (primary N) is 1. The lowest BCUT2D eigenvalue weighted by molar-refractivity contribution is -0.931. The highest BCUT2D eigenvalue weighted by molar-refractivity contribution is 7.16. The molecule has 0 aliphatic carbocycles. The van der Waals surface area contributed by atoms with E-state index >= 15 is 0 Å². The molecule has 0 bridgehead atoms. The number of carbonyl (C=O) groups is 1. The Hall–Kier alpha value is -2.10. The second-order valence-corrected chi connectivity index (χ2v) is 12.7. The summed E-state index contributed by atoms with van der Waals surface area (Å²) in [7, 11) is 0. The molecule has 0 fully saturated rings. The maximum atomic E-state index is 11.8. The minimum Gasteiger partial charge on any atom is -0.506 e. The lowest BCUT2D eigenvalue weighted by Crippen LogP contribution is -2.57. The predicted molar refractivity (Wildman–Crippen MR) is 154 cm³/mol. The Morgan fingerprint density at radius 1 is 1.08 bits per heavy atom. The van der Waals surface area contributed by atoms with Crippen molar-refractivity contribution in [3.8, 4) is 5.75 Å². The molecular weight excluding hydrogens is 531 g/mol. The van der Waals surface area contributed by atoms with Crippen LogP contribution < -0.4 is 15.9 Å². The van der Waals surface area contributed by atoms with Crippen LogP contribution in [0.15, 0.2) is 35.1 Å². The summed E-state index contributed by atoms with van der Waals surface area (Å²) in [5.41, 5.74) is 8.26. The number of nitrogens with zero attached hydrogens (tertiary/aromatic N) is 1. The SMILES string of the molecule is CC(C)(C)C[N+](CCNCCc1ccc(O)c2[nH]c(=O)sc12)(CCC(N)=O)CCc1ccc(Cl)c(Cl)c1. The van der Waals surface area contributed by atoms with E-state index < -0.39 is 0 Å². The number of phenolic OH excluding ortho intramolecular Hbond substituents is 1. The van der Waals surface area contributed by atoms with Crippen molar-refractivity contribution in [1.29, 1.82) is 0 Å². The first-order valence-electron chi connectivity index (χ1n) is 12.5. The van der Waals surface area contributed by atoms with Crippen molar-refractivity contribution in [3.05, 3.63) is 61.2 Å². The number of hydrogen-bond acceptors (Lipinski definition) is 5. The number of aromatic hydroxyl groups is 1. The number of aromatic nitrogens is 1. The zero-order valence-corrected chi connectivity index (χ0v) is 24.0. The summed E-state index contributed by atoms with van der Waals surface area (Å²) in [6.45, 7) is 11.4. The van der Waals surface area contributed by atoms with Crippen LogP contribution in [-0.2, 0) is 17.6 Å². The second-order valence-electron chi connectivity index (χ2n) is 10.9. The van der Waals surface area contributed by atoms with Crippen molar-refractivity contribution in [3.63, 3.8) is 0 Å². The quantitative estimate of drug-likeness (QED) is 0.177. The van der Waals surface area contributed by atoms with Gasteiger partial charge in [0, 0.05) is 18.4 Å². The highest BCUT2D eigenvalue weighted by atomic mass is 35.5. The third kappa shape index (κ3) is 8.72. The summed E-state index contributed by atoms with van der Waals surface area (Å²) in [5, 5.41) is 14.7. The van der Waals surface area contributed by atoms with Crippen LogP contribution in [0.5, 0.6) is 5.75 Å². The lowest BCUT2D eigenvalue weighted by atomic mass is 9.93. The van der Waals surface area contributed by atoms with Gasteiger partial charge in [0.25, 0.3) is 0 Å². The Morgan fingerprint density at radius 2 is 1.84 bits per heavy atom. The van der Waals surface area contributed by atoms with Crippen LogP contribution in [0.25, 0.3) is 10.2 Å². The van der Waals surface area contributed by atoms with Crippen molar-refractivity contribution in [2.45, 2.75) is 40.0 Å². The van der Waals surface area contributed by atoms with Gasteiger partial charge in [-0.3, -0.25) is 9.59 Å². The monoisotopic (exact) mass is 567 g/mol. The number of phenols is 1. The molecular formula is C27H37Cl2N4O3S+. The third-order valence-electron chi connectivity index (χ3n) is 6.47. The van der Waals surface area contributed by atoms with Gasteiger partial charge < -0.3 is 25.6 Å². The topological polar surface area (TPSA) is 108 Å². The molecule has 0 aliphatic rings. The summed E-state index contributed by atoms with van der Waals surface area (Å²) in [6, 6.07) is 9.23. The number of quaternary nitrogens is 1. The van der Waals surface area contributed by atoms with Gasteiger partial charge in [-0.25, -0.2) is 0 Å². The number of primary amides is 1. The number of nitrogens with one attached hydrogen (secondary N) is 2. The molecule has 0 saturated carbocycles. The molecule has 7 nitrogen and oxygen atoms in total. The van der Waals surface area contributed by atoms with Crippen molar-refractivity contribution >= 4 is 50.7 Å². The minimum atomic E-state index is -0.291. The molecule has 1 unspecified atom stereocenters. The first-order chi connectivity index (χ1) is 17.4. The molecule has 0 spiro atoms. The van der Waals surface area contributed by atoms with Gasteiger partial charge in [-0.05, 0) is 42.3 Å². The summed E-state index contributed by atoms with van der Waals surface area (Å²) in [6.07, 6.45) is 1.87. The van der Waals surface area contributed by atoms with Crippen LogP contribution in [0.4, 0.5) is 0 Å². The van der Waals surface area contributed by atoms with Gasteiger partial charge in [0.1, 0.15) is 11.3 Å². The maximum Gasteiger partial charge on any atom is 0.305 e. The average Bonchev–Trinajstić information content (AvgIpc) is 3.21. The summed E-state index contributed by atoms with van der Waals surface area (Å²) in [5.74, 6) is -0.202. The van der Waals surface area contributed by atoms with E-state index in [0.717, 1.165) is 77.2 Å². The van der Waals surface area contributed by atoms with E-state index in [9.17, 15) is 14.7 Å². The molecule has 5 N–H and O–H groups in total. The van der Waals surface area contributed by atoms with Gasteiger partial charge in [-0.15, -0.1) is 0 Å². The van der Waals surface area contributed by atoms with Gasteiger partial charge in [0.2, 0.25) is 5.91 Å². The van der Waals surface area contributed by atoms with Gasteiger partial charge in [0.05, 0.1) is 47.3 Å². The van der Waals surface area contributed by atoms with Gasteiger partial charge >= 0.3 is 4.87 Å². The number of amides is 1. The van der Waals surface area contributed by atoms with Crippen molar-refractivity contribution in [2.75, 3.05) is 39.3 Å². The number of thiazole rings is 1. The summed E-state index contributed by atoms with van der Waals surface area (Å²) >= 11 is 13.5. The fourth-order valence-corrected chi connectivity index (χ4v) is 6.14. The fourth-order valence-electron chi connectivity index (χ4n) is 4.92. The normalized spacial score (nSPS) is 13.6. The van der Waals surface area contributed by atoms with Crippen molar-refractivity contribution in [1.82, 2.24) is 10.3 Å². The number of fused-ring (bicyclic) bond motifs is 1. The Bertz CT molecular complexity index is 1280. The van der Waals surface area contributed by atoms with Gasteiger partial charge in [-0.2, -0.15) is 0 Å². The van der Waals surface area contributed by atoms with E-state index in [-0.39, 0.29) is 21.9 Å². The van der Waals surface area contributed by atoms with Crippen molar-refractivity contribution in [2.24, 2.45) is 11.1 Å². The van der Waals surface area contributed by atoms with E-state index in [1.165, 1.54) is 0 Å². The molecule has 37 heavy (non-hydrogen) atoms. The van der Waals surface area contributed by atoms with Crippen LogP contribution in [0.1, 0.15) is 38.3 Å². The molecule has 1 aromatic heterocycles. The molecule has 0 radical (unpaired) electrons. The lowest BCUT2D eigenvalue weighted by Gasteiger charge is -2.43. The second kappa shape index (κ2) is 12.6. The zero-order valence-electron chi connectivity index (χ0n) is 21.7. The van der Waals surface area contributed by atoms with E-state index in [4.69, 9.17) is 28.9 Å². The Labute approximate surface area is 232 Å². The summed E-state index contributed by atoms with van der Waals surface area (Å²) < 4.78 is 1.55. The van der Waals surface area contributed by atoms with Gasteiger partial charge in [0.15, 0.2) is 0 Å². The number of hydrogen-bond donors (Lipinski definition) is 4. The first-order valence-corrected chi connectivity index (χ1v) is 14.1. The van der Waals surface area contributed by atoms with E-state index in [0.29, 0.717) is 28.5 Å². The predicted octanol–water partition coefficient (Wildman–Crippen LogP) is 4.72. The van der Waals surface area contributed by atoms with E-state index in [1.807, 2.05) is 24.3 Å². The zero-order chi connectivity index (χ0) is 27.2. The molecule has 2 aromatic carbocycles. The third-order valence-corrected chi connectivity index (χ3v) is 8.17. The standard InChI is InChI=1S/C27H36Cl2N4O3S/c1-27(2,3)17-33(14-10-23(30)35,13-9-18-4-6-20(28)21(29)16-18)15-12-31-11-8-19-5-7-22(34)24-25(19)37-26(36)32-24/h4-7,16,31H,8-15,17H2,1-3H3,(H3-,30,32,34,35,36)/p+1. The number of carbonyl (C=O) groups excluding carboxylic acids is 1. The number of benzene rings is 2. The molecule has 1 atom stereocenters. The number of H-pyrrole nitrogens is 1. The van der Waals surface area contributed by atoms with E-state index in [1.54, 1.807) is 6.07 Å². The maximum absolute atomic E-state index is 11.8. The summed E-state index contributed by atoms with van der Waals surface area (Å²) in [4.78, 5) is 26.1. The largest absolute Gasteiger partial charge is 0.506 e. The molecule has 10 heteroatoms. The molecule has 3 rings (SSSR count). The fraction of sp³-hybridized carbons (Fsp3) is 0.481. The van der Waals surface area contributed by atoms with Crippen LogP contribution in [-0.4, -0.2) is 59.7 Å². The molecule has 3 aromatic rings. The molecule has 0 aliphatic heterocycles. The Balaban J connectivity index is 1.69. The molecule has 202 valence electrons. The smallest absolute Gasteiger partial charge is 0.305 e.